The normalized spacial score (nSPS) is 14.4. The Hall–Kier alpha value is -4.99. The molecule has 1 aliphatic heterocycles. The number of imide groups is 2. The molecule has 0 spiro atoms. The number of non-ortho nitro benzene ring substituents is 1. The summed E-state index contributed by atoms with van der Waals surface area (Å²) >= 11 is 0. The first-order valence-electron chi connectivity index (χ1n) is 11.8. The third-order valence-corrected chi connectivity index (χ3v) is 5.79. The largest absolute Gasteiger partial charge is 0.490 e. The molecule has 1 saturated heterocycles. The van der Waals surface area contributed by atoms with E-state index in [1.165, 1.54) is 18.2 Å². The number of nitro benzene ring substituents is 1. The van der Waals surface area contributed by atoms with E-state index in [2.05, 4.69) is 5.32 Å². The Morgan fingerprint density at radius 3 is 2.47 bits per heavy atom. The molecule has 1 heterocycles. The number of carbonyl (C=O) groups excluding carboxylic acids is 3. The maximum Gasteiger partial charge on any atom is 0.335 e. The van der Waals surface area contributed by atoms with Crippen molar-refractivity contribution < 1.29 is 28.8 Å². The second-order valence-electron chi connectivity index (χ2n) is 8.60. The molecule has 1 aliphatic rings. The number of urea groups is 1. The van der Waals surface area contributed by atoms with Crippen molar-refractivity contribution in [3.05, 3.63) is 98.6 Å². The molecule has 3 aromatic rings. The topological polar surface area (TPSA) is 128 Å². The molecule has 1 N–H and O–H groups in total. The smallest absolute Gasteiger partial charge is 0.335 e. The minimum absolute atomic E-state index is 0.0399. The lowest BCUT2D eigenvalue weighted by Gasteiger charge is -2.27. The molecule has 38 heavy (non-hydrogen) atoms. The highest BCUT2D eigenvalue weighted by Gasteiger charge is 2.37. The Balaban J connectivity index is 1.61. The van der Waals surface area contributed by atoms with Crippen molar-refractivity contribution in [3.8, 4) is 11.5 Å². The monoisotopic (exact) mass is 515 g/mol. The predicted octanol–water partition coefficient (Wildman–Crippen LogP) is 4.86. The van der Waals surface area contributed by atoms with Gasteiger partial charge in [-0.25, -0.2) is 9.69 Å². The van der Waals surface area contributed by atoms with E-state index in [0.717, 1.165) is 10.5 Å². The van der Waals surface area contributed by atoms with E-state index in [-0.39, 0.29) is 17.9 Å². The number of nitrogens with one attached hydrogen (secondary N) is 1. The quantitative estimate of drug-likeness (QED) is 0.196. The Kier molecular flexibility index (Phi) is 7.52. The zero-order valence-electron chi connectivity index (χ0n) is 21.0. The molecule has 4 rings (SSSR count). The van der Waals surface area contributed by atoms with E-state index in [1.54, 1.807) is 56.3 Å². The summed E-state index contributed by atoms with van der Waals surface area (Å²) in [5, 5.41) is 13.3. The van der Waals surface area contributed by atoms with Crippen LogP contribution < -0.4 is 19.7 Å². The number of anilines is 1. The van der Waals surface area contributed by atoms with Crippen LogP contribution >= 0.6 is 0 Å². The van der Waals surface area contributed by atoms with Crippen LogP contribution in [0.4, 0.5) is 16.2 Å². The molecular formula is C28H25N3O7. The van der Waals surface area contributed by atoms with Crippen molar-refractivity contribution in [1.82, 2.24) is 5.32 Å². The second kappa shape index (κ2) is 11.0. The fourth-order valence-corrected chi connectivity index (χ4v) is 4.02. The summed E-state index contributed by atoms with van der Waals surface area (Å²) < 4.78 is 11.5. The van der Waals surface area contributed by atoms with Gasteiger partial charge in [-0.1, -0.05) is 35.9 Å². The van der Waals surface area contributed by atoms with Crippen molar-refractivity contribution in [2.45, 2.75) is 27.4 Å². The summed E-state index contributed by atoms with van der Waals surface area (Å²) in [6, 6.07) is 15.4. The summed E-state index contributed by atoms with van der Waals surface area (Å²) in [5.41, 5.74) is 2.90. The molecule has 0 atom stereocenters. The van der Waals surface area contributed by atoms with Crippen LogP contribution in [-0.4, -0.2) is 29.4 Å². The Morgan fingerprint density at radius 2 is 1.76 bits per heavy atom. The number of benzene rings is 3. The number of amides is 4. The molecule has 0 aromatic heterocycles. The minimum Gasteiger partial charge on any atom is -0.490 e. The summed E-state index contributed by atoms with van der Waals surface area (Å²) in [7, 11) is 0. The maximum absolute atomic E-state index is 13.3. The SMILES string of the molecule is CCOc1cc(/C=C2\C(=O)NC(=O)N(c3ccc(C)cc3C)C2=O)ccc1OCc1cccc([N+](=O)[O-])c1. The number of ether oxygens (including phenoxy) is 2. The van der Waals surface area contributed by atoms with Crippen molar-refractivity contribution in [2.75, 3.05) is 11.5 Å². The number of hydrogen-bond acceptors (Lipinski definition) is 7. The molecule has 194 valence electrons. The van der Waals surface area contributed by atoms with Gasteiger partial charge in [-0.15, -0.1) is 0 Å². The number of nitro groups is 1. The van der Waals surface area contributed by atoms with E-state index < -0.39 is 22.8 Å². The van der Waals surface area contributed by atoms with E-state index >= 15 is 0 Å². The van der Waals surface area contributed by atoms with Gasteiger partial charge in [-0.05, 0) is 61.7 Å². The van der Waals surface area contributed by atoms with E-state index in [9.17, 15) is 24.5 Å². The van der Waals surface area contributed by atoms with Crippen LogP contribution in [0.15, 0.2) is 66.2 Å². The first kappa shape index (κ1) is 26.1. The molecule has 0 unspecified atom stereocenters. The van der Waals surface area contributed by atoms with Gasteiger partial charge in [-0.2, -0.15) is 0 Å². The van der Waals surface area contributed by atoms with Crippen LogP contribution in [0, 0.1) is 24.0 Å². The molecular weight excluding hydrogens is 490 g/mol. The Labute approximate surface area is 218 Å². The van der Waals surface area contributed by atoms with Gasteiger partial charge in [0.2, 0.25) is 0 Å². The van der Waals surface area contributed by atoms with Crippen molar-refractivity contribution in [3.63, 3.8) is 0 Å². The number of barbiturate groups is 1. The third-order valence-electron chi connectivity index (χ3n) is 5.79. The second-order valence-corrected chi connectivity index (χ2v) is 8.60. The number of rotatable bonds is 8. The van der Waals surface area contributed by atoms with Gasteiger partial charge < -0.3 is 9.47 Å². The van der Waals surface area contributed by atoms with Gasteiger partial charge in [0.25, 0.3) is 17.5 Å². The summed E-state index contributed by atoms with van der Waals surface area (Å²) in [6.07, 6.45) is 1.38. The van der Waals surface area contributed by atoms with Crippen molar-refractivity contribution in [1.29, 1.82) is 0 Å². The number of hydrogen-bond donors (Lipinski definition) is 1. The maximum atomic E-state index is 13.3. The molecule has 4 amide bonds. The average Bonchev–Trinajstić information content (AvgIpc) is 2.87. The van der Waals surface area contributed by atoms with Crippen LogP contribution in [0.2, 0.25) is 0 Å². The molecule has 0 aliphatic carbocycles. The van der Waals surface area contributed by atoms with E-state index in [0.29, 0.717) is 40.5 Å². The predicted molar refractivity (Wildman–Crippen MR) is 140 cm³/mol. The minimum atomic E-state index is -0.816. The molecule has 1 fully saturated rings. The number of nitrogens with zero attached hydrogens (tertiary/aromatic N) is 2. The zero-order valence-corrected chi connectivity index (χ0v) is 21.0. The lowest BCUT2D eigenvalue weighted by atomic mass is 10.0. The van der Waals surface area contributed by atoms with Gasteiger partial charge in [0, 0.05) is 12.1 Å². The van der Waals surface area contributed by atoms with E-state index in [4.69, 9.17) is 9.47 Å². The Morgan fingerprint density at radius 1 is 0.974 bits per heavy atom. The van der Waals surface area contributed by atoms with Crippen molar-refractivity contribution in [2.24, 2.45) is 0 Å². The lowest BCUT2D eigenvalue weighted by molar-refractivity contribution is -0.384. The molecule has 0 radical (unpaired) electrons. The molecule has 0 bridgehead atoms. The standard InChI is InChI=1S/C28H25N3O7/c1-4-37-25-15-19(9-11-24(25)38-16-20-6-5-7-21(13-20)31(35)36)14-22-26(32)29-28(34)30(27(22)33)23-10-8-17(2)12-18(23)3/h5-15H,4,16H2,1-3H3,(H,29,32,34)/b22-14+. The first-order chi connectivity index (χ1) is 18.2. The van der Waals surface area contributed by atoms with Crippen LogP contribution in [0.5, 0.6) is 11.5 Å². The van der Waals surface area contributed by atoms with E-state index in [1.807, 2.05) is 13.0 Å². The van der Waals surface area contributed by atoms with Gasteiger partial charge >= 0.3 is 6.03 Å². The summed E-state index contributed by atoms with van der Waals surface area (Å²) in [5.74, 6) is -0.801. The van der Waals surface area contributed by atoms with Crippen LogP contribution in [0.1, 0.15) is 29.2 Å². The molecule has 10 nitrogen and oxygen atoms in total. The zero-order chi connectivity index (χ0) is 27.4. The van der Waals surface area contributed by atoms with Gasteiger partial charge in [0.05, 0.1) is 17.2 Å². The summed E-state index contributed by atoms with van der Waals surface area (Å²) in [4.78, 5) is 49.9. The van der Waals surface area contributed by atoms with Crippen LogP contribution in [-0.2, 0) is 16.2 Å². The van der Waals surface area contributed by atoms with Gasteiger partial charge in [0.1, 0.15) is 12.2 Å². The number of aryl methyl sites for hydroxylation is 2. The van der Waals surface area contributed by atoms with Gasteiger partial charge in [-0.3, -0.25) is 25.0 Å². The van der Waals surface area contributed by atoms with Crippen LogP contribution in [0.3, 0.4) is 0 Å². The fourth-order valence-electron chi connectivity index (χ4n) is 4.02. The van der Waals surface area contributed by atoms with Crippen LogP contribution in [0.25, 0.3) is 6.08 Å². The summed E-state index contributed by atoms with van der Waals surface area (Å²) in [6.45, 7) is 5.86. The van der Waals surface area contributed by atoms with Gasteiger partial charge in [0.15, 0.2) is 11.5 Å². The first-order valence-corrected chi connectivity index (χ1v) is 11.8. The highest BCUT2D eigenvalue weighted by molar-refractivity contribution is 6.39. The third kappa shape index (κ3) is 5.54. The highest BCUT2D eigenvalue weighted by atomic mass is 16.6. The van der Waals surface area contributed by atoms with Crippen molar-refractivity contribution >= 4 is 35.3 Å². The Bertz CT molecular complexity index is 1480. The fraction of sp³-hybridized carbons (Fsp3) is 0.179. The molecule has 0 saturated carbocycles. The number of carbonyl (C=O) groups is 3. The highest BCUT2D eigenvalue weighted by Crippen LogP contribution is 2.31. The molecule has 3 aromatic carbocycles. The average molecular weight is 516 g/mol. The lowest BCUT2D eigenvalue weighted by Crippen LogP contribution is -2.54. The molecule has 10 heteroatoms.